The Labute approximate surface area is 362 Å². The van der Waals surface area contributed by atoms with Gasteiger partial charge in [-0.1, -0.05) is 212 Å². The Kier molecular flexibility index (Phi) is 9.57. The number of hydrogen-bond donors (Lipinski definition) is 0. The molecule has 2 nitrogen and oxygen atoms in total. The lowest BCUT2D eigenvalue weighted by Gasteiger charge is -2.14. The van der Waals surface area contributed by atoms with E-state index in [1.807, 2.05) is 6.07 Å². The Morgan fingerprint density at radius 3 is 1.10 bits per heavy atom. The van der Waals surface area contributed by atoms with Crippen LogP contribution in [-0.4, -0.2) is 9.97 Å². The molecule has 9 aromatic carbocycles. The van der Waals surface area contributed by atoms with E-state index in [-0.39, 0.29) is 0 Å². The Morgan fingerprint density at radius 2 is 0.581 bits per heavy atom. The Morgan fingerprint density at radius 1 is 0.226 bits per heavy atom. The van der Waals surface area contributed by atoms with E-state index in [2.05, 4.69) is 237 Å². The Balaban J connectivity index is 0.986. The Bertz CT molecular complexity index is 3220. The van der Waals surface area contributed by atoms with Crippen LogP contribution in [0.15, 0.2) is 243 Å². The van der Waals surface area contributed by atoms with Gasteiger partial charge >= 0.3 is 0 Å². The third kappa shape index (κ3) is 7.25. The maximum Gasteiger partial charge on any atom is 0.0722 e. The van der Waals surface area contributed by atoms with Crippen LogP contribution in [0.3, 0.4) is 0 Å². The molecule has 2 heteroatoms. The van der Waals surface area contributed by atoms with E-state index in [0.29, 0.717) is 0 Å². The van der Waals surface area contributed by atoms with Gasteiger partial charge < -0.3 is 0 Å². The molecule has 0 unspecified atom stereocenters. The van der Waals surface area contributed by atoms with E-state index in [0.717, 1.165) is 66.9 Å². The molecule has 11 aromatic rings. The first kappa shape index (κ1) is 36.8. The van der Waals surface area contributed by atoms with Crippen molar-refractivity contribution in [2.45, 2.75) is 0 Å². The summed E-state index contributed by atoms with van der Waals surface area (Å²) in [5, 5.41) is 3.54. The second-order valence-corrected chi connectivity index (χ2v) is 15.8. The van der Waals surface area contributed by atoms with Crippen molar-refractivity contribution in [3.8, 4) is 89.4 Å². The lowest BCUT2D eigenvalue weighted by atomic mass is 9.92. The zero-order valence-electron chi connectivity index (χ0n) is 34.0. The molecule has 0 saturated carbocycles. The van der Waals surface area contributed by atoms with Crippen LogP contribution in [0.25, 0.3) is 111 Å². The van der Waals surface area contributed by atoms with Crippen molar-refractivity contribution in [2.24, 2.45) is 0 Å². The predicted molar refractivity (Wildman–Crippen MR) is 261 cm³/mol. The van der Waals surface area contributed by atoms with Crippen LogP contribution in [-0.2, 0) is 0 Å². The summed E-state index contributed by atoms with van der Waals surface area (Å²) in [5.74, 6) is 0. The number of pyridine rings is 2. The van der Waals surface area contributed by atoms with Crippen molar-refractivity contribution < 1.29 is 0 Å². The highest BCUT2D eigenvalue weighted by molar-refractivity contribution is 6.14. The number of rotatable bonds is 8. The molecule has 11 rings (SSSR count). The van der Waals surface area contributed by atoms with Crippen LogP contribution in [0.5, 0.6) is 0 Å². The summed E-state index contributed by atoms with van der Waals surface area (Å²) in [7, 11) is 0. The largest absolute Gasteiger partial charge is 0.248 e. The molecule has 0 spiro atoms. The Hall–Kier alpha value is -8.20. The second kappa shape index (κ2) is 16.1. The van der Waals surface area contributed by atoms with Gasteiger partial charge in [0.15, 0.2) is 0 Å². The third-order valence-corrected chi connectivity index (χ3v) is 11.9. The van der Waals surface area contributed by atoms with E-state index < -0.39 is 0 Å². The van der Waals surface area contributed by atoms with Crippen LogP contribution in [0, 0.1) is 0 Å². The van der Waals surface area contributed by atoms with Crippen LogP contribution in [0.1, 0.15) is 0 Å². The van der Waals surface area contributed by atoms with Crippen molar-refractivity contribution in [1.29, 1.82) is 0 Å². The molecule has 0 bridgehead atoms. The first-order chi connectivity index (χ1) is 30.7. The van der Waals surface area contributed by atoms with Gasteiger partial charge in [0, 0.05) is 22.1 Å². The van der Waals surface area contributed by atoms with Gasteiger partial charge in [-0.25, -0.2) is 9.97 Å². The van der Waals surface area contributed by atoms with Crippen molar-refractivity contribution in [3.63, 3.8) is 0 Å². The number of hydrogen-bond acceptors (Lipinski definition) is 2. The van der Waals surface area contributed by atoms with E-state index in [9.17, 15) is 0 Å². The monoisotopic (exact) mass is 788 g/mol. The van der Waals surface area contributed by atoms with Gasteiger partial charge in [-0.15, -0.1) is 0 Å². The van der Waals surface area contributed by atoms with Crippen LogP contribution >= 0.6 is 0 Å². The molecule has 0 amide bonds. The van der Waals surface area contributed by atoms with Gasteiger partial charge in [-0.3, -0.25) is 0 Å². The van der Waals surface area contributed by atoms with Gasteiger partial charge in [0.2, 0.25) is 0 Å². The lowest BCUT2D eigenvalue weighted by molar-refractivity contribution is 1.32. The van der Waals surface area contributed by atoms with Crippen molar-refractivity contribution >= 4 is 21.7 Å². The van der Waals surface area contributed by atoms with Crippen molar-refractivity contribution in [1.82, 2.24) is 9.97 Å². The maximum atomic E-state index is 5.27. The fourth-order valence-electron chi connectivity index (χ4n) is 8.61. The standard InChI is InChI=1S/C60H40N2/c1-5-13-41(14-6-1)43-25-30-50(31-26-43)57-38-53(39-58(62-57)51-32-27-44(28-33-51)42-15-7-2-8-16-42)46-23-21-45(22-24-46)52-34-29-48-35-36-56-60(54(48)37-52)55(47-17-9-3-10-18-47)40-59(61-56)49-19-11-4-12-20-49/h1-40H. The van der Waals surface area contributed by atoms with Gasteiger partial charge in [0.05, 0.1) is 22.6 Å². The highest BCUT2D eigenvalue weighted by Crippen LogP contribution is 2.39. The minimum absolute atomic E-state index is 0.938. The zero-order valence-corrected chi connectivity index (χ0v) is 34.0. The normalized spacial score (nSPS) is 11.2. The predicted octanol–water partition coefficient (Wildman–Crippen LogP) is 16.1. The summed E-state index contributed by atoms with van der Waals surface area (Å²) in [4.78, 5) is 10.5. The quantitative estimate of drug-likeness (QED) is 0.143. The summed E-state index contributed by atoms with van der Waals surface area (Å²) in [6.07, 6.45) is 0. The van der Waals surface area contributed by atoms with E-state index in [4.69, 9.17) is 9.97 Å². The fraction of sp³-hybridized carbons (Fsp3) is 0. The first-order valence-electron chi connectivity index (χ1n) is 21.1. The topological polar surface area (TPSA) is 25.8 Å². The minimum Gasteiger partial charge on any atom is -0.248 e. The van der Waals surface area contributed by atoms with Crippen molar-refractivity contribution in [3.05, 3.63) is 243 Å². The number of aromatic nitrogens is 2. The molecule has 0 aliphatic rings. The minimum atomic E-state index is 0.938. The number of benzene rings is 9. The molecule has 2 aromatic heterocycles. The van der Waals surface area contributed by atoms with Gasteiger partial charge in [0.1, 0.15) is 0 Å². The SMILES string of the molecule is c1ccc(-c2ccc(-c3cc(-c4ccc(-c5ccc6ccc7nc(-c8ccccc8)cc(-c8ccccc8)c7c6c5)cc4)cc(-c4ccc(-c5ccccc5)cc4)n3)cc2)cc1. The molecule has 0 radical (unpaired) electrons. The zero-order chi connectivity index (χ0) is 41.2. The van der Waals surface area contributed by atoms with E-state index in [1.54, 1.807) is 0 Å². The summed E-state index contributed by atoms with van der Waals surface area (Å²) >= 11 is 0. The van der Waals surface area contributed by atoms with E-state index in [1.165, 1.54) is 44.2 Å². The molecule has 0 aliphatic heterocycles. The highest BCUT2D eigenvalue weighted by atomic mass is 14.7. The highest BCUT2D eigenvalue weighted by Gasteiger charge is 2.15. The van der Waals surface area contributed by atoms with Gasteiger partial charge in [0.25, 0.3) is 0 Å². The lowest BCUT2D eigenvalue weighted by Crippen LogP contribution is -1.92. The molecular weight excluding hydrogens is 749 g/mol. The van der Waals surface area contributed by atoms with Gasteiger partial charge in [-0.2, -0.15) is 0 Å². The third-order valence-electron chi connectivity index (χ3n) is 11.9. The average Bonchev–Trinajstić information content (AvgIpc) is 3.37. The number of fused-ring (bicyclic) bond motifs is 3. The first-order valence-corrected chi connectivity index (χ1v) is 21.1. The van der Waals surface area contributed by atoms with Crippen LogP contribution in [0.2, 0.25) is 0 Å². The summed E-state index contributed by atoms with van der Waals surface area (Å²) in [6.45, 7) is 0. The molecule has 2 heterocycles. The van der Waals surface area contributed by atoms with Crippen molar-refractivity contribution in [2.75, 3.05) is 0 Å². The van der Waals surface area contributed by atoms with Crippen LogP contribution in [0.4, 0.5) is 0 Å². The molecule has 0 fully saturated rings. The summed E-state index contributed by atoms with van der Waals surface area (Å²) in [5.41, 5.74) is 18.8. The molecule has 62 heavy (non-hydrogen) atoms. The molecule has 0 aliphatic carbocycles. The molecule has 290 valence electrons. The average molecular weight is 789 g/mol. The fourth-order valence-corrected chi connectivity index (χ4v) is 8.61. The number of nitrogens with zero attached hydrogens (tertiary/aromatic N) is 2. The maximum absolute atomic E-state index is 5.27. The second-order valence-electron chi connectivity index (χ2n) is 15.8. The van der Waals surface area contributed by atoms with E-state index >= 15 is 0 Å². The molecule has 0 atom stereocenters. The van der Waals surface area contributed by atoms with Gasteiger partial charge in [-0.05, 0) is 96.7 Å². The van der Waals surface area contributed by atoms with Crippen LogP contribution < -0.4 is 0 Å². The summed E-state index contributed by atoms with van der Waals surface area (Å²) in [6, 6.07) is 86.5. The smallest absolute Gasteiger partial charge is 0.0722 e. The molecule has 0 saturated heterocycles. The summed E-state index contributed by atoms with van der Waals surface area (Å²) < 4.78 is 0. The molecular formula is C60H40N2. The molecule has 0 N–H and O–H groups in total.